The molecular formula is C16H13BrO4. The van der Waals surface area contributed by atoms with Crippen LogP contribution in [0, 0.1) is 0 Å². The van der Waals surface area contributed by atoms with E-state index in [1.807, 2.05) is 0 Å². The van der Waals surface area contributed by atoms with Gasteiger partial charge >= 0.3 is 11.9 Å². The molecule has 0 amide bonds. The zero-order valence-corrected chi connectivity index (χ0v) is 12.9. The van der Waals surface area contributed by atoms with Crippen molar-refractivity contribution in [2.45, 2.75) is 6.61 Å². The van der Waals surface area contributed by atoms with Crippen LogP contribution in [0.3, 0.4) is 0 Å². The first-order valence-corrected chi connectivity index (χ1v) is 6.99. The van der Waals surface area contributed by atoms with Crippen LogP contribution in [0.1, 0.15) is 26.3 Å². The number of hydrogen-bond acceptors (Lipinski definition) is 4. The highest BCUT2D eigenvalue weighted by atomic mass is 79.9. The van der Waals surface area contributed by atoms with Gasteiger partial charge in [0, 0.05) is 4.47 Å². The van der Waals surface area contributed by atoms with E-state index in [-0.39, 0.29) is 12.6 Å². The third-order valence-electron chi connectivity index (χ3n) is 2.82. The van der Waals surface area contributed by atoms with Crippen molar-refractivity contribution >= 4 is 27.9 Å². The minimum absolute atomic E-state index is 0.149. The number of carbonyl (C=O) groups excluding carboxylic acids is 2. The fourth-order valence-corrected chi connectivity index (χ4v) is 1.94. The maximum Gasteiger partial charge on any atom is 0.338 e. The normalized spacial score (nSPS) is 10.0. The third-order valence-corrected chi connectivity index (χ3v) is 3.35. The second-order valence-electron chi connectivity index (χ2n) is 4.27. The number of methoxy groups -OCH3 is 1. The van der Waals surface area contributed by atoms with Gasteiger partial charge in [-0.1, -0.05) is 28.1 Å². The molecule has 0 spiro atoms. The molecule has 0 aliphatic heterocycles. The fraction of sp³-hybridized carbons (Fsp3) is 0.125. The molecule has 0 fully saturated rings. The van der Waals surface area contributed by atoms with E-state index in [1.54, 1.807) is 48.5 Å². The summed E-state index contributed by atoms with van der Waals surface area (Å²) in [5, 5.41) is 0. The summed E-state index contributed by atoms with van der Waals surface area (Å²) in [5.74, 6) is -0.784. The van der Waals surface area contributed by atoms with E-state index in [4.69, 9.17) is 4.74 Å². The smallest absolute Gasteiger partial charge is 0.338 e. The molecule has 21 heavy (non-hydrogen) atoms. The van der Waals surface area contributed by atoms with Gasteiger partial charge in [0.05, 0.1) is 18.2 Å². The first kappa shape index (κ1) is 15.3. The molecule has 108 valence electrons. The van der Waals surface area contributed by atoms with Crippen LogP contribution >= 0.6 is 15.9 Å². The second-order valence-corrected chi connectivity index (χ2v) is 5.19. The summed E-state index contributed by atoms with van der Waals surface area (Å²) < 4.78 is 10.7. The molecular weight excluding hydrogens is 336 g/mol. The molecule has 0 saturated heterocycles. The minimum atomic E-state index is -0.395. The lowest BCUT2D eigenvalue weighted by Crippen LogP contribution is -2.05. The van der Waals surface area contributed by atoms with E-state index >= 15 is 0 Å². The number of benzene rings is 2. The van der Waals surface area contributed by atoms with Gasteiger partial charge in [-0.15, -0.1) is 0 Å². The van der Waals surface area contributed by atoms with Crippen molar-refractivity contribution in [1.82, 2.24) is 0 Å². The van der Waals surface area contributed by atoms with Gasteiger partial charge in [0.1, 0.15) is 6.61 Å². The number of esters is 2. The molecule has 0 saturated carbocycles. The SMILES string of the molecule is COC(=O)c1ccc(COC(=O)c2ccc(Br)cc2)cc1. The molecule has 2 aromatic rings. The fourth-order valence-electron chi connectivity index (χ4n) is 1.67. The van der Waals surface area contributed by atoms with Gasteiger partial charge in [-0.05, 0) is 42.0 Å². The number of hydrogen-bond donors (Lipinski definition) is 0. The van der Waals surface area contributed by atoms with Crippen molar-refractivity contribution in [2.75, 3.05) is 7.11 Å². The zero-order chi connectivity index (χ0) is 15.2. The summed E-state index contributed by atoms with van der Waals surface area (Å²) in [6, 6.07) is 13.6. The van der Waals surface area contributed by atoms with E-state index in [0.29, 0.717) is 11.1 Å². The summed E-state index contributed by atoms with van der Waals surface area (Å²) in [6.45, 7) is 0.149. The standard InChI is InChI=1S/C16H13BrO4/c1-20-15(18)12-4-2-11(3-5-12)10-21-16(19)13-6-8-14(17)9-7-13/h2-9H,10H2,1H3. The first-order valence-electron chi connectivity index (χ1n) is 6.20. The molecule has 5 heteroatoms. The quantitative estimate of drug-likeness (QED) is 0.792. The molecule has 0 aromatic heterocycles. The maximum atomic E-state index is 11.8. The van der Waals surface area contributed by atoms with Gasteiger partial charge < -0.3 is 9.47 Å². The van der Waals surface area contributed by atoms with Gasteiger partial charge in [-0.3, -0.25) is 0 Å². The first-order chi connectivity index (χ1) is 10.1. The summed E-state index contributed by atoms with van der Waals surface area (Å²) in [7, 11) is 1.33. The predicted molar refractivity (Wildman–Crippen MR) is 81.0 cm³/mol. The van der Waals surface area contributed by atoms with Crippen molar-refractivity contribution in [3.63, 3.8) is 0 Å². The Morgan fingerprint density at radius 2 is 1.43 bits per heavy atom. The minimum Gasteiger partial charge on any atom is -0.465 e. The lowest BCUT2D eigenvalue weighted by Gasteiger charge is -2.06. The monoisotopic (exact) mass is 348 g/mol. The summed E-state index contributed by atoms with van der Waals surface area (Å²) in [5.41, 5.74) is 1.75. The van der Waals surface area contributed by atoms with Crippen LogP contribution < -0.4 is 0 Å². The molecule has 0 aliphatic carbocycles. The Morgan fingerprint density at radius 3 is 2.00 bits per heavy atom. The van der Waals surface area contributed by atoms with Crippen LogP contribution in [-0.4, -0.2) is 19.0 Å². The topological polar surface area (TPSA) is 52.6 Å². The Hall–Kier alpha value is -2.14. The Labute approximate surface area is 130 Å². The Balaban J connectivity index is 1.95. The van der Waals surface area contributed by atoms with E-state index in [9.17, 15) is 9.59 Å². The molecule has 0 aliphatic rings. The van der Waals surface area contributed by atoms with Crippen molar-refractivity contribution in [2.24, 2.45) is 0 Å². The zero-order valence-electron chi connectivity index (χ0n) is 11.3. The molecule has 0 atom stereocenters. The van der Waals surface area contributed by atoms with Crippen LogP contribution in [0.25, 0.3) is 0 Å². The largest absolute Gasteiger partial charge is 0.465 e. The molecule has 0 radical (unpaired) electrons. The summed E-state index contributed by atoms with van der Waals surface area (Å²) in [6.07, 6.45) is 0. The van der Waals surface area contributed by atoms with Crippen LogP contribution in [0.15, 0.2) is 53.0 Å². The van der Waals surface area contributed by atoms with Crippen molar-refractivity contribution < 1.29 is 19.1 Å². The van der Waals surface area contributed by atoms with Crippen molar-refractivity contribution in [3.8, 4) is 0 Å². The van der Waals surface area contributed by atoms with Crippen molar-refractivity contribution in [3.05, 3.63) is 69.7 Å². The van der Waals surface area contributed by atoms with Gasteiger partial charge in [-0.2, -0.15) is 0 Å². The van der Waals surface area contributed by atoms with Gasteiger partial charge in [0.2, 0.25) is 0 Å². The predicted octanol–water partition coefficient (Wildman–Crippen LogP) is 3.59. The third kappa shape index (κ3) is 4.16. The number of carbonyl (C=O) groups is 2. The molecule has 2 rings (SSSR count). The highest BCUT2D eigenvalue weighted by Crippen LogP contribution is 2.13. The Morgan fingerprint density at radius 1 is 0.905 bits per heavy atom. The lowest BCUT2D eigenvalue weighted by atomic mass is 10.1. The molecule has 0 heterocycles. The number of halogens is 1. The van der Waals surface area contributed by atoms with Crippen LogP contribution in [0.2, 0.25) is 0 Å². The van der Waals surface area contributed by atoms with E-state index in [1.165, 1.54) is 7.11 Å². The molecule has 0 bridgehead atoms. The summed E-state index contributed by atoms with van der Waals surface area (Å²) in [4.78, 5) is 23.1. The average Bonchev–Trinajstić information content (AvgIpc) is 2.53. The molecule has 4 nitrogen and oxygen atoms in total. The van der Waals surface area contributed by atoms with E-state index in [0.717, 1.165) is 10.0 Å². The number of ether oxygens (including phenoxy) is 2. The van der Waals surface area contributed by atoms with Gasteiger partial charge in [0.15, 0.2) is 0 Å². The van der Waals surface area contributed by atoms with E-state index in [2.05, 4.69) is 20.7 Å². The van der Waals surface area contributed by atoms with Crippen LogP contribution in [0.5, 0.6) is 0 Å². The Kier molecular flexibility index (Phi) is 5.11. The highest BCUT2D eigenvalue weighted by Gasteiger charge is 2.08. The highest BCUT2D eigenvalue weighted by molar-refractivity contribution is 9.10. The van der Waals surface area contributed by atoms with Gasteiger partial charge in [0.25, 0.3) is 0 Å². The maximum absolute atomic E-state index is 11.8. The second kappa shape index (κ2) is 7.04. The average molecular weight is 349 g/mol. The number of rotatable bonds is 4. The van der Waals surface area contributed by atoms with E-state index < -0.39 is 5.97 Å². The van der Waals surface area contributed by atoms with Gasteiger partial charge in [-0.25, -0.2) is 9.59 Å². The molecule has 0 unspecified atom stereocenters. The summed E-state index contributed by atoms with van der Waals surface area (Å²) >= 11 is 3.30. The van der Waals surface area contributed by atoms with Crippen LogP contribution in [-0.2, 0) is 16.1 Å². The molecule has 0 N–H and O–H groups in total. The van der Waals surface area contributed by atoms with Crippen LogP contribution in [0.4, 0.5) is 0 Å². The van der Waals surface area contributed by atoms with Crippen molar-refractivity contribution in [1.29, 1.82) is 0 Å². The lowest BCUT2D eigenvalue weighted by molar-refractivity contribution is 0.0471. The Bertz CT molecular complexity index is 632. The molecule has 2 aromatic carbocycles.